The van der Waals surface area contributed by atoms with Crippen LogP contribution in [0.15, 0.2) is 24.3 Å². The molecule has 1 aliphatic carbocycles. The quantitative estimate of drug-likeness (QED) is 0.827. The molecule has 0 bridgehead atoms. The molecule has 0 spiro atoms. The Balaban J connectivity index is 1.67. The number of hydrogen-bond donors (Lipinski definition) is 1. The fourth-order valence-corrected chi connectivity index (χ4v) is 3.47. The molecule has 0 aliphatic heterocycles. The predicted octanol–water partition coefficient (Wildman–Crippen LogP) is 4.99. The Morgan fingerprint density at radius 3 is 2.54 bits per heavy atom. The number of aromatic carboxylic acids is 1. The first kappa shape index (κ1) is 18.5. The monoisotopic (exact) mass is 367 g/mol. The minimum absolute atomic E-state index is 0.0803. The lowest BCUT2D eigenvalue weighted by molar-refractivity contribution is -0.184. The Bertz CT molecular complexity index is 812. The minimum Gasteiger partial charge on any atom is -0.478 e. The van der Waals surface area contributed by atoms with Crippen molar-refractivity contribution in [2.45, 2.75) is 38.8 Å². The summed E-state index contributed by atoms with van der Waals surface area (Å²) in [6.07, 6.45) is -2.85. The molecule has 7 heteroatoms. The fourth-order valence-electron chi connectivity index (χ4n) is 3.47. The molecule has 0 unspecified atom stereocenters. The van der Waals surface area contributed by atoms with E-state index in [1.807, 2.05) is 6.92 Å². The van der Waals surface area contributed by atoms with E-state index in [0.717, 1.165) is 11.1 Å². The highest BCUT2D eigenvalue weighted by molar-refractivity contribution is 5.95. The molecule has 1 aromatic carbocycles. The molecule has 1 aromatic heterocycles. The zero-order valence-electron chi connectivity index (χ0n) is 14.3. The minimum atomic E-state index is -4.11. The van der Waals surface area contributed by atoms with Gasteiger partial charge in [-0.05, 0) is 56.0 Å². The van der Waals surface area contributed by atoms with Gasteiger partial charge in [0.25, 0.3) is 0 Å². The molecular formula is C19H20F3NO3. The molecule has 3 rings (SSSR count). The Morgan fingerprint density at radius 2 is 1.92 bits per heavy atom. The van der Waals surface area contributed by atoms with Gasteiger partial charge in [0.1, 0.15) is 0 Å². The summed E-state index contributed by atoms with van der Waals surface area (Å²) in [5.41, 5.74) is 0.898. The van der Waals surface area contributed by atoms with Gasteiger partial charge in [0.15, 0.2) is 0 Å². The molecule has 1 fully saturated rings. The Morgan fingerprint density at radius 1 is 1.23 bits per heavy atom. The van der Waals surface area contributed by atoms with Gasteiger partial charge in [-0.25, -0.2) is 9.78 Å². The second-order valence-electron chi connectivity index (χ2n) is 6.86. The molecule has 0 atom stereocenters. The van der Waals surface area contributed by atoms with Gasteiger partial charge in [0, 0.05) is 17.1 Å². The topological polar surface area (TPSA) is 59.4 Å². The van der Waals surface area contributed by atoms with Crippen LogP contribution < -0.4 is 4.74 Å². The van der Waals surface area contributed by atoms with Crippen molar-refractivity contribution < 1.29 is 27.8 Å². The van der Waals surface area contributed by atoms with Crippen LogP contribution in [-0.2, 0) is 0 Å². The van der Waals surface area contributed by atoms with Crippen LogP contribution in [0.2, 0.25) is 0 Å². The van der Waals surface area contributed by atoms with Crippen molar-refractivity contribution in [2.24, 2.45) is 11.8 Å². The molecule has 1 N–H and O–H groups in total. The summed E-state index contributed by atoms with van der Waals surface area (Å²) in [7, 11) is 0. The number of ether oxygens (including phenoxy) is 1. The lowest BCUT2D eigenvalue weighted by Gasteiger charge is -2.29. The van der Waals surface area contributed by atoms with Crippen LogP contribution in [0, 0.1) is 18.8 Å². The normalized spacial score (nSPS) is 20.9. The molecular weight excluding hydrogens is 347 g/mol. The third-order valence-corrected chi connectivity index (χ3v) is 5.02. The highest BCUT2D eigenvalue weighted by atomic mass is 19.4. The van der Waals surface area contributed by atoms with Crippen molar-refractivity contribution in [2.75, 3.05) is 6.61 Å². The van der Waals surface area contributed by atoms with Crippen LogP contribution in [0.3, 0.4) is 0 Å². The van der Waals surface area contributed by atoms with E-state index >= 15 is 0 Å². The summed E-state index contributed by atoms with van der Waals surface area (Å²) in [5, 5.41) is 10.7. The van der Waals surface area contributed by atoms with E-state index in [2.05, 4.69) is 4.98 Å². The summed E-state index contributed by atoms with van der Waals surface area (Å²) in [6, 6.07) is 6.48. The summed E-state index contributed by atoms with van der Waals surface area (Å²) < 4.78 is 43.9. The van der Waals surface area contributed by atoms with Gasteiger partial charge < -0.3 is 9.84 Å². The Kier molecular flexibility index (Phi) is 5.07. The molecule has 1 saturated carbocycles. The lowest BCUT2D eigenvalue weighted by atomic mass is 9.82. The lowest BCUT2D eigenvalue weighted by Crippen LogP contribution is -2.29. The first-order chi connectivity index (χ1) is 12.2. The van der Waals surface area contributed by atoms with E-state index in [1.165, 1.54) is 6.07 Å². The van der Waals surface area contributed by atoms with Gasteiger partial charge in [-0.3, -0.25) is 0 Å². The van der Waals surface area contributed by atoms with Gasteiger partial charge in [0.05, 0.1) is 18.1 Å². The summed E-state index contributed by atoms with van der Waals surface area (Å²) in [5.74, 6) is -1.76. The maximum Gasteiger partial charge on any atom is 0.391 e. The number of fused-ring (bicyclic) bond motifs is 1. The number of nitrogens with zero attached hydrogens (tertiary/aromatic N) is 1. The number of pyridine rings is 1. The van der Waals surface area contributed by atoms with E-state index in [-0.39, 0.29) is 24.3 Å². The van der Waals surface area contributed by atoms with E-state index in [4.69, 9.17) is 9.84 Å². The zero-order valence-corrected chi connectivity index (χ0v) is 14.3. The number of benzene rings is 1. The molecule has 0 amide bonds. The van der Waals surface area contributed by atoms with Crippen molar-refractivity contribution in [3.63, 3.8) is 0 Å². The van der Waals surface area contributed by atoms with E-state index in [1.54, 1.807) is 18.2 Å². The average Bonchev–Trinajstić information content (AvgIpc) is 2.59. The summed E-state index contributed by atoms with van der Waals surface area (Å²) in [6.45, 7) is 2.13. The van der Waals surface area contributed by atoms with E-state index in [0.29, 0.717) is 30.7 Å². The summed E-state index contributed by atoms with van der Waals surface area (Å²) >= 11 is 0. The molecule has 4 nitrogen and oxygen atoms in total. The Labute approximate surface area is 149 Å². The van der Waals surface area contributed by atoms with Gasteiger partial charge in [-0.15, -0.1) is 0 Å². The van der Waals surface area contributed by atoms with Gasteiger partial charge in [0.2, 0.25) is 5.88 Å². The SMILES string of the molecule is Cc1nc(OCC2CCC(C(F)(F)F)CC2)cc2cc(C(=O)O)ccc12. The number of alkyl halides is 3. The maximum atomic E-state index is 12.7. The van der Waals surface area contributed by atoms with Crippen molar-refractivity contribution in [3.05, 3.63) is 35.5 Å². The van der Waals surface area contributed by atoms with E-state index in [9.17, 15) is 18.0 Å². The third-order valence-electron chi connectivity index (χ3n) is 5.02. The van der Waals surface area contributed by atoms with Gasteiger partial charge in [-0.2, -0.15) is 13.2 Å². The highest BCUT2D eigenvalue weighted by Gasteiger charge is 2.41. The number of rotatable bonds is 4. The first-order valence-electron chi connectivity index (χ1n) is 8.58. The molecule has 0 radical (unpaired) electrons. The second-order valence-corrected chi connectivity index (χ2v) is 6.86. The highest BCUT2D eigenvalue weighted by Crippen LogP contribution is 2.39. The molecule has 0 saturated heterocycles. The van der Waals surface area contributed by atoms with Crippen LogP contribution in [0.1, 0.15) is 41.7 Å². The second kappa shape index (κ2) is 7.13. The fraction of sp³-hybridized carbons (Fsp3) is 0.474. The molecule has 26 heavy (non-hydrogen) atoms. The average molecular weight is 367 g/mol. The third kappa shape index (κ3) is 4.08. The smallest absolute Gasteiger partial charge is 0.391 e. The van der Waals surface area contributed by atoms with Gasteiger partial charge in [-0.1, -0.05) is 6.07 Å². The van der Waals surface area contributed by atoms with Crippen LogP contribution in [0.25, 0.3) is 10.8 Å². The van der Waals surface area contributed by atoms with Crippen LogP contribution >= 0.6 is 0 Å². The van der Waals surface area contributed by atoms with E-state index < -0.39 is 18.1 Å². The van der Waals surface area contributed by atoms with Crippen LogP contribution in [0.5, 0.6) is 5.88 Å². The number of halogens is 3. The number of aromatic nitrogens is 1. The standard InChI is InChI=1S/C19H20F3NO3/c1-11-16-7-4-13(18(24)25)8-14(16)9-17(23-11)26-10-12-2-5-15(6-3-12)19(20,21)22/h4,7-9,12,15H,2-3,5-6,10H2,1H3,(H,24,25). The van der Waals surface area contributed by atoms with Crippen molar-refractivity contribution in [1.29, 1.82) is 0 Å². The molecule has 1 heterocycles. The molecule has 2 aromatic rings. The number of hydrogen-bond acceptors (Lipinski definition) is 3. The summed E-state index contributed by atoms with van der Waals surface area (Å²) in [4.78, 5) is 15.5. The molecule has 140 valence electrons. The van der Waals surface area contributed by atoms with Crippen molar-refractivity contribution in [1.82, 2.24) is 4.98 Å². The van der Waals surface area contributed by atoms with Gasteiger partial charge >= 0.3 is 12.1 Å². The zero-order chi connectivity index (χ0) is 18.9. The van der Waals surface area contributed by atoms with Crippen molar-refractivity contribution >= 4 is 16.7 Å². The molecule has 1 aliphatic rings. The Hall–Kier alpha value is -2.31. The van der Waals surface area contributed by atoms with Crippen LogP contribution in [0.4, 0.5) is 13.2 Å². The number of carboxylic acids is 1. The van der Waals surface area contributed by atoms with Crippen LogP contribution in [-0.4, -0.2) is 28.8 Å². The van der Waals surface area contributed by atoms with Crippen molar-refractivity contribution in [3.8, 4) is 5.88 Å². The number of carbonyl (C=O) groups is 1. The predicted molar refractivity (Wildman–Crippen MR) is 90.4 cm³/mol. The first-order valence-corrected chi connectivity index (χ1v) is 8.58. The maximum absolute atomic E-state index is 12.7. The largest absolute Gasteiger partial charge is 0.478 e. The number of carboxylic acid groups (broad SMARTS) is 1. The number of aryl methyl sites for hydroxylation is 1.